The van der Waals surface area contributed by atoms with Crippen LogP contribution in [0.4, 0.5) is 5.69 Å². The van der Waals surface area contributed by atoms with E-state index >= 15 is 0 Å². The SMILES string of the molecule is Cc1ccc(S(=O)(=O)Nc2ccc(C(=O)N/N=C\c3cccc4ccccc34)cc2)cc1. The fourth-order valence-corrected chi connectivity index (χ4v) is 4.27. The second-order valence-corrected chi connectivity index (χ2v) is 8.95. The number of carbonyl (C=O) groups is 1. The summed E-state index contributed by atoms with van der Waals surface area (Å²) in [6.45, 7) is 1.89. The van der Waals surface area contributed by atoms with E-state index in [0.717, 1.165) is 21.9 Å². The average Bonchev–Trinajstić information content (AvgIpc) is 2.80. The minimum atomic E-state index is -3.70. The largest absolute Gasteiger partial charge is 0.280 e. The van der Waals surface area contributed by atoms with E-state index in [1.807, 2.05) is 49.4 Å². The molecule has 4 rings (SSSR count). The van der Waals surface area contributed by atoms with Crippen LogP contribution in [0.5, 0.6) is 0 Å². The highest BCUT2D eigenvalue weighted by Gasteiger charge is 2.14. The fraction of sp³-hybridized carbons (Fsp3) is 0.0400. The quantitative estimate of drug-likeness (QED) is 0.334. The van der Waals surface area contributed by atoms with Crippen molar-refractivity contribution in [3.8, 4) is 0 Å². The molecule has 7 heteroatoms. The summed E-state index contributed by atoms with van der Waals surface area (Å²) < 4.78 is 27.5. The highest BCUT2D eigenvalue weighted by atomic mass is 32.2. The minimum absolute atomic E-state index is 0.174. The van der Waals surface area contributed by atoms with E-state index in [1.165, 1.54) is 24.3 Å². The van der Waals surface area contributed by atoms with Crippen LogP contribution in [0.25, 0.3) is 10.8 Å². The molecule has 2 N–H and O–H groups in total. The second kappa shape index (κ2) is 9.03. The van der Waals surface area contributed by atoms with Gasteiger partial charge in [0.2, 0.25) is 0 Å². The van der Waals surface area contributed by atoms with Gasteiger partial charge in [-0.1, -0.05) is 60.2 Å². The van der Waals surface area contributed by atoms with Crippen molar-refractivity contribution in [2.24, 2.45) is 5.10 Å². The standard InChI is InChI=1S/C25H21N3O3S/c1-18-9-15-23(16-10-18)32(30,31)28-22-13-11-20(12-14-22)25(29)27-26-17-21-7-4-6-19-5-2-3-8-24(19)21/h2-17,28H,1H3,(H,27,29)/b26-17-. The molecule has 0 heterocycles. The molecule has 6 nitrogen and oxygen atoms in total. The number of aryl methyl sites for hydroxylation is 1. The lowest BCUT2D eigenvalue weighted by atomic mass is 10.1. The summed E-state index contributed by atoms with van der Waals surface area (Å²) in [5.74, 6) is -0.394. The maximum Gasteiger partial charge on any atom is 0.271 e. The maximum absolute atomic E-state index is 12.5. The van der Waals surface area contributed by atoms with Crippen LogP contribution >= 0.6 is 0 Å². The fourth-order valence-electron chi connectivity index (χ4n) is 3.21. The molecule has 0 aliphatic heterocycles. The molecule has 0 bridgehead atoms. The topological polar surface area (TPSA) is 87.6 Å². The van der Waals surface area contributed by atoms with Gasteiger partial charge in [0.1, 0.15) is 0 Å². The number of hydrogen-bond donors (Lipinski definition) is 2. The number of amides is 1. The van der Waals surface area contributed by atoms with Gasteiger partial charge < -0.3 is 0 Å². The van der Waals surface area contributed by atoms with Crippen molar-refractivity contribution in [3.63, 3.8) is 0 Å². The molecule has 0 saturated carbocycles. The Labute approximate surface area is 186 Å². The number of anilines is 1. The first-order valence-electron chi connectivity index (χ1n) is 9.93. The van der Waals surface area contributed by atoms with E-state index in [1.54, 1.807) is 30.5 Å². The van der Waals surface area contributed by atoms with Crippen molar-refractivity contribution in [3.05, 3.63) is 108 Å². The summed E-state index contributed by atoms with van der Waals surface area (Å²) in [6.07, 6.45) is 1.60. The van der Waals surface area contributed by atoms with Crippen LogP contribution in [0.3, 0.4) is 0 Å². The first-order valence-corrected chi connectivity index (χ1v) is 11.4. The summed E-state index contributed by atoms with van der Waals surface area (Å²) in [6, 6.07) is 26.5. The summed E-state index contributed by atoms with van der Waals surface area (Å²) in [4.78, 5) is 12.6. The van der Waals surface area contributed by atoms with E-state index < -0.39 is 15.9 Å². The third-order valence-electron chi connectivity index (χ3n) is 4.92. The number of nitrogens with one attached hydrogen (secondary N) is 2. The molecular weight excluding hydrogens is 422 g/mol. The van der Waals surface area contributed by atoms with Gasteiger partial charge in [-0.05, 0) is 54.1 Å². The van der Waals surface area contributed by atoms with Crippen molar-refractivity contribution in [1.29, 1.82) is 0 Å². The van der Waals surface area contributed by atoms with Crippen molar-refractivity contribution in [2.45, 2.75) is 11.8 Å². The molecule has 1 amide bonds. The zero-order chi connectivity index (χ0) is 22.6. The van der Waals surface area contributed by atoms with E-state index in [2.05, 4.69) is 15.2 Å². The molecule has 4 aromatic rings. The van der Waals surface area contributed by atoms with Gasteiger partial charge in [-0.3, -0.25) is 9.52 Å². The predicted octanol–water partition coefficient (Wildman–Crippen LogP) is 4.71. The van der Waals surface area contributed by atoms with Crippen LogP contribution in [-0.2, 0) is 10.0 Å². The van der Waals surface area contributed by atoms with Gasteiger partial charge >= 0.3 is 0 Å². The van der Waals surface area contributed by atoms with Gasteiger partial charge in [0.15, 0.2) is 0 Å². The lowest BCUT2D eigenvalue weighted by molar-refractivity contribution is 0.0955. The number of rotatable bonds is 6. The van der Waals surface area contributed by atoms with E-state index in [0.29, 0.717) is 11.3 Å². The number of benzene rings is 4. The molecule has 160 valence electrons. The monoisotopic (exact) mass is 443 g/mol. The number of fused-ring (bicyclic) bond motifs is 1. The number of hydrogen-bond acceptors (Lipinski definition) is 4. The van der Waals surface area contributed by atoms with Crippen LogP contribution in [0, 0.1) is 6.92 Å². The molecular formula is C25H21N3O3S. The van der Waals surface area contributed by atoms with Crippen molar-refractivity contribution >= 4 is 38.6 Å². The lowest BCUT2D eigenvalue weighted by Crippen LogP contribution is -2.18. The van der Waals surface area contributed by atoms with Crippen LogP contribution < -0.4 is 10.1 Å². The predicted molar refractivity (Wildman–Crippen MR) is 127 cm³/mol. The minimum Gasteiger partial charge on any atom is -0.280 e. The maximum atomic E-state index is 12.5. The smallest absolute Gasteiger partial charge is 0.271 e. The summed E-state index contributed by atoms with van der Waals surface area (Å²) in [5, 5.41) is 6.19. The van der Waals surface area contributed by atoms with Gasteiger partial charge in [0, 0.05) is 16.8 Å². The Hall–Kier alpha value is -3.97. The van der Waals surface area contributed by atoms with Crippen molar-refractivity contribution in [1.82, 2.24) is 5.43 Å². The third-order valence-corrected chi connectivity index (χ3v) is 6.32. The molecule has 0 aliphatic rings. The molecule has 32 heavy (non-hydrogen) atoms. The second-order valence-electron chi connectivity index (χ2n) is 7.26. The Morgan fingerprint density at radius 2 is 1.53 bits per heavy atom. The molecule has 0 radical (unpaired) electrons. The Kier molecular flexibility index (Phi) is 6.00. The third kappa shape index (κ3) is 4.84. The van der Waals surface area contributed by atoms with Crippen molar-refractivity contribution in [2.75, 3.05) is 4.72 Å². The lowest BCUT2D eigenvalue weighted by Gasteiger charge is -2.09. The normalized spacial score (nSPS) is 11.5. The molecule has 0 spiro atoms. The van der Waals surface area contributed by atoms with Crippen molar-refractivity contribution < 1.29 is 13.2 Å². The first-order chi connectivity index (χ1) is 15.4. The summed E-state index contributed by atoms with van der Waals surface area (Å²) in [5.41, 5.74) is 5.09. The highest BCUT2D eigenvalue weighted by molar-refractivity contribution is 7.92. The Balaban J connectivity index is 1.42. The Morgan fingerprint density at radius 3 is 2.28 bits per heavy atom. The summed E-state index contributed by atoms with van der Waals surface area (Å²) in [7, 11) is -3.70. The van der Waals surface area contributed by atoms with Crippen LogP contribution in [0.1, 0.15) is 21.5 Å². The van der Waals surface area contributed by atoms with E-state index in [-0.39, 0.29) is 4.90 Å². The zero-order valence-electron chi connectivity index (χ0n) is 17.3. The van der Waals surface area contributed by atoms with Gasteiger partial charge in [-0.15, -0.1) is 0 Å². The van der Waals surface area contributed by atoms with E-state index in [9.17, 15) is 13.2 Å². The van der Waals surface area contributed by atoms with E-state index in [4.69, 9.17) is 0 Å². The van der Waals surface area contributed by atoms with Crippen LogP contribution in [-0.4, -0.2) is 20.5 Å². The number of carbonyl (C=O) groups excluding carboxylic acids is 1. The zero-order valence-corrected chi connectivity index (χ0v) is 18.1. The highest BCUT2D eigenvalue weighted by Crippen LogP contribution is 2.18. The number of nitrogens with zero attached hydrogens (tertiary/aromatic N) is 1. The van der Waals surface area contributed by atoms with Crippen LogP contribution in [0.15, 0.2) is 101 Å². The molecule has 0 saturated heterocycles. The Bertz CT molecular complexity index is 1390. The van der Waals surface area contributed by atoms with Gasteiger partial charge in [-0.25, -0.2) is 13.8 Å². The number of hydrazone groups is 1. The molecule has 0 aromatic heterocycles. The molecule has 4 aromatic carbocycles. The van der Waals surface area contributed by atoms with Gasteiger partial charge in [-0.2, -0.15) is 5.10 Å². The first kappa shape index (κ1) is 21.3. The van der Waals surface area contributed by atoms with Gasteiger partial charge in [0.25, 0.3) is 15.9 Å². The number of sulfonamides is 1. The van der Waals surface area contributed by atoms with Crippen LogP contribution in [0.2, 0.25) is 0 Å². The Morgan fingerprint density at radius 1 is 0.844 bits per heavy atom. The summed E-state index contributed by atoms with van der Waals surface area (Å²) >= 11 is 0. The molecule has 0 aliphatic carbocycles. The van der Waals surface area contributed by atoms with Gasteiger partial charge in [0.05, 0.1) is 11.1 Å². The molecule has 0 fully saturated rings. The molecule has 0 unspecified atom stereocenters. The molecule has 0 atom stereocenters. The average molecular weight is 444 g/mol.